The number of benzene rings is 1. The number of carbonyl (C=O) groups excluding carboxylic acids is 2. The number of urea groups is 1. The van der Waals surface area contributed by atoms with E-state index in [9.17, 15) is 9.59 Å². The van der Waals surface area contributed by atoms with Gasteiger partial charge in [-0.1, -0.05) is 24.3 Å². The molecule has 2 aromatic rings. The Morgan fingerprint density at radius 3 is 2.52 bits per heavy atom. The normalized spacial score (nSPS) is 10.6. The highest BCUT2D eigenvalue weighted by Gasteiger charge is 2.16. The predicted octanol–water partition coefficient (Wildman–Crippen LogP) is 2.13. The van der Waals surface area contributed by atoms with Gasteiger partial charge in [-0.2, -0.15) is 0 Å². The lowest BCUT2D eigenvalue weighted by Crippen LogP contribution is -2.21. The first kappa shape index (κ1) is 18.9. The summed E-state index contributed by atoms with van der Waals surface area (Å²) in [5.74, 6) is -0.600. The van der Waals surface area contributed by atoms with Crippen LogP contribution in [-0.4, -0.2) is 32.2 Å². The molecule has 0 atom stereocenters. The minimum atomic E-state index is -0.734. The average Bonchev–Trinajstić information content (AvgIpc) is 2.98. The van der Waals surface area contributed by atoms with E-state index in [-0.39, 0.29) is 4.88 Å². The number of carbonyl (C=O) groups is 2. The fourth-order valence-corrected chi connectivity index (χ4v) is 3.27. The molecule has 0 unspecified atom stereocenters. The van der Waals surface area contributed by atoms with E-state index in [1.807, 2.05) is 24.3 Å². The van der Waals surface area contributed by atoms with Crippen LogP contribution >= 0.6 is 11.3 Å². The van der Waals surface area contributed by atoms with E-state index in [0.29, 0.717) is 5.69 Å². The van der Waals surface area contributed by atoms with Crippen molar-refractivity contribution in [3.63, 3.8) is 0 Å². The Bertz CT molecular complexity index is 728. The molecular weight excluding hydrogens is 340 g/mol. The molecule has 0 spiro atoms. The largest absolute Gasteiger partial charge is 0.385 e. The lowest BCUT2D eigenvalue weighted by atomic mass is 10.1. The van der Waals surface area contributed by atoms with E-state index in [0.717, 1.165) is 42.1 Å². The third-order valence-electron chi connectivity index (χ3n) is 3.48. The van der Waals surface area contributed by atoms with Gasteiger partial charge in [0.2, 0.25) is 0 Å². The maximum Gasteiger partial charge on any atom is 0.316 e. The van der Waals surface area contributed by atoms with Gasteiger partial charge in [-0.25, -0.2) is 4.79 Å². The molecule has 1 heterocycles. The maximum atomic E-state index is 11.5. The molecule has 2 rings (SSSR count). The summed E-state index contributed by atoms with van der Waals surface area (Å²) in [6.07, 6.45) is 0.968. The van der Waals surface area contributed by atoms with Crippen LogP contribution in [0.25, 0.3) is 10.4 Å². The van der Waals surface area contributed by atoms with Crippen molar-refractivity contribution in [2.45, 2.75) is 13.0 Å². The second-order valence-corrected chi connectivity index (χ2v) is 6.48. The summed E-state index contributed by atoms with van der Waals surface area (Å²) in [6.45, 7) is 2.41. The van der Waals surface area contributed by atoms with Crippen molar-refractivity contribution in [1.29, 1.82) is 0 Å². The Kier molecular flexibility index (Phi) is 6.93. The van der Waals surface area contributed by atoms with Gasteiger partial charge in [0.05, 0.1) is 5.69 Å². The number of hydrogen-bond donors (Lipinski definition) is 4. The molecular formula is C17H22N4O3S. The molecule has 0 aliphatic carbocycles. The highest BCUT2D eigenvalue weighted by atomic mass is 32.1. The average molecular weight is 362 g/mol. The van der Waals surface area contributed by atoms with Crippen LogP contribution in [0.1, 0.15) is 21.7 Å². The molecule has 8 heteroatoms. The van der Waals surface area contributed by atoms with Crippen molar-refractivity contribution in [2.24, 2.45) is 11.5 Å². The predicted molar refractivity (Wildman–Crippen MR) is 99.7 cm³/mol. The summed E-state index contributed by atoms with van der Waals surface area (Å²) < 4.78 is 5.01. The lowest BCUT2D eigenvalue weighted by Gasteiger charge is -2.05. The minimum absolute atomic E-state index is 0.276. The van der Waals surface area contributed by atoms with Crippen LogP contribution in [0.15, 0.2) is 30.3 Å². The van der Waals surface area contributed by atoms with Gasteiger partial charge in [-0.05, 0) is 30.2 Å². The number of nitrogens with two attached hydrogens (primary N) is 2. The third kappa shape index (κ3) is 5.56. The first-order valence-corrected chi connectivity index (χ1v) is 8.62. The number of methoxy groups -OCH3 is 1. The molecule has 6 N–H and O–H groups in total. The number of hydrogen-bond acceptors (Lipinski definition) is 5. The number of anilines is 1. The second kappa shape index (κ2) is 9.16. The molecule has 25 heavy (non-hydrogen) atoms. The molecule has 0 aliphatic heterocycles. The summed E-state index contributed by atoms with van der Waals surface area (Å²) in [7, 11) is 1.69. The summed E-state index contributed by atoms with van der Waals surface area (Å²) in [5.41, 5.74) is 12.9. The monoisotopic (exact) mass is 362 g/mol. The van der Waals surface area contributed by atoms with Gasteiger partial charge in [0.25, 0.3) is 5.91 Å². The highest BCUT2D eigenvalue weighted by molar-refractivity contribution is 7.18. The molecule has 7 nitrogen and oxygen atoms in total. The smallest absolute Gasteiger partial charge is 0.316 e. The molecule has 0 aliphatic rings. The van der Waals surface area contributed by atoms with Gasteiger partial charge < -0.3 is 26.8 Å². The van der Waals surface area contributed by atoms with Crippen LogP contribution in [0.4, 0.5) is 10.5 Å². The Labute approximate surface area is 150 Å². The number of primary amides is 2. The van der Waals surface area contributed by atoms with Crippen LogP contribution in [0.5, 0.6) is 0 Å². The van der Waals surface area contributed by atoms with Crippen LogP contribution in [0, 0.1) is 0 Å². The van der Waals surface area contributed by atoms with Crippen LogP contribution < -0.4 is 22.1 Å². The Morgan fingerprint density at radius 2 is 1.92 bits per heavy atom. The van der Waals surface area contributed by atoms with E-state index < -0.39 is 11.9 Å². The minimum Gasteiger partial charge on any atom is -0.385 e. The fraction of sp³-hybridized carbons (Fsp3) is 0.294. The Hall–Kier alpha value is -2.42. The molecule has 0 bridgehead atoms. The topological polar surface area (TPSA) is 119 Å². The van der Waals surface area contributed by atoms with E-state index in [1.165, 1.54) is 11.3 Å². The zero-order valence-electron chi connectivity index (χ0n) is 14.0. The van der Waals surface area contributed by atoms with Crippen molar-refractivity contribution >= 4 is 29.0 Å². The molecule has 0 saturated carbocycles. The standard InChI is InChI=1S/C17H22N4O3S/c1-24-8-2-7-20-10-11-3-5-12(6-4-11)14-9-13(21-17(19)23)15(25-14)16(18)22/h3-6,9,20H,2,7-8,10H2,1H3,(H2,18,22)(H3,19,21,23). The van der Waals surface area contributed by atoms with Crippen molar-refractivity contribution in [2.75, 3.05) is 25.6 Å². The number of nitrogens with one attached hydrogen (secondary N) is 2. The first-order chi connectivity index (χ1) is 12.0. The fourth-order valence-electron chi connectivity index (χ4n) is 2.30. The molecule has 3 amide bonds. The van der Waals surface area contributed by atoms with Gasteiger partial charge in [-0.3, -0.25) is 4.79 Å². The molecule has 1 aromatic carbocycles. The zero-order chi connectivity index (χ0) is 18.2. The van der Waals surface area contributed by atoms with E-state index in [1.54, 1.807) is 13.2 Å². The third-order valence-corrected chi connectivity index (χ3v) is 4.68. The van der Waals surface area contributed by atoms with E-state index in [4.69, 9.17) is 16.2 Å². The zero-order valence-corrected chi connectivity index (χ0v) is 14.8. The van der Waals surface area contributed by atoms with Crippen molar-refractivity contribution < 1.29 is 14.3 Å². The van der Waals surface area contributed by atoms with Crippen LogP contribution in [0.3, 0.4) is 0 Å². The summed E-state index contributed by atoms with van der Waals surface area (Å²) in [6, 6.07) is 8.94. The lowest BCUT2D eigenvalue weighted by molar-refractivity contribution is 0.100. The van der Waals surface area contributed by atoms with Gasteiger partial charge >= 0.3 is 6.03 Å². The Balaban J connectivity index is 2.06. The summed E-state index contributed by atoms with van der Waals surface area (Å²) in [5, 5.41) is 5.77. The van der Waals surface area contributed by atoms with Gasteiger partial charge in [0.1, 0.15) is 4.88 Å². The van der Waals surface area contributed by atoms with E-state index >= 15 is 0 Å². The summed E-state index contributed by atoms with van der Waals surface area (Å²) in [4.78, 5) is 23.7. The number of rotatable bonds is 9. The number of ether oxygens (including phenoxy) is 1. The molecule has 134 valence electrons. The highest BCUT2D eigenvalue weighted by Crippen LogP contribution is 2.34. The molecule has 0 fully saturated rings. The molecule has 1 aromatic heterocycles. The molecule has 0 saturated heterocycles. The van der Waals surface area contributed by atoms with Crippen molar-refractivity contribution in [3.8, 4) is 10.4 Å². The van der Waals surface area contributed by atoms with Crippen molar-refractivity contribution in [3.05, 3.63) is 40.8 Å². The number of amides is 3. The maximum absolute atomic E-state index is 11.5. The van der Waals surface area contributed by atoms with Gasteiger partial charge in [0.15, 0.2) is 0 Å². The molecule has 0 radical (unpaired) electrons. The van der Waals surface area contributed by atoms with E-state index in [2.05, 4.69) is 10.6 Å². The van der Waals surface area contributed by atoms with Crippen LogP contribution in [0.2, 0.25) is 0 Å². The Morgan fingerprint density at radius 1 is 1.20 bits per heavy atom. The van der Waals surface area contributed by atoms with Crippen molar-refractivity contribution in [1.82, 2.24) is 5.32 Å². The number of thiophene rings is 1. The second-order valence-electron chi connectivity index (χ2n) is 5.43. The summed E-state index contributed by atoms with van der Waals surface area (Å²) >= 11 is 1.22. The first-order valence-electron chi connectivity index (χ1n) is 7.80. The quantitative estimate of drug-likeness (QED) is 0.511. The van der Waals surface area contributed by atoms with Crippen LogP contribution in [-0.2, 0) is 11.3 Å². The van der Waals surface area contributed by atoms with Gasteiger partial charge in [-0.15, -0.1) is 11.3 Å². The SMILES string of the molecule is COCCCNCc1ccc(-c2cc(NC(N)=O)c(C(N)=O)s2)cc1. The van der Waals surface area contributed by atoms with Gasteiger partial charge in [0, 0.05) is 25.1 Å².